The summed E-state index contributed by atoms with van der Waals surface area (Å²) in [5, 5.41) is 3.83. The van der Waals surface area contributed by atoms with Gasteiger partial charge < -0.3 is 10.3 Å². The number of amides is 1. The number of hydrogen-bond acceptors (Lipinski definition) is 3. The second-order valence-corrected chi connectivity index (χ2v) is 6.21. The van der Waals surface area contributed by atoms with Gasteiger partial charge in [0.2, 0.25) is 5.91 Å². The van der Waals surface area contributed by atoms with Crippen LogP contribution in [0, 0.1) is 0 Å². The van der Waals surface area contributed by atoms with Crippen molar-refractivity contribution in [2.24, 2.45) is 0 Å². The first kappa shape index (κ1) is 16.9. The van der Waals surface area contributed by atoms with Gasteiger partial charge >= 0.3 is 0 Å². The lowest BCUT2D eigenvalue weighted by Crippen LogP contribution is -2.37. The van der Waals surface area contributed by atoms with E-state index in [1.165, 1.54) is 0 Å². The Bertz CT molecular complexity index is 932. The number of H-pyrrole nitrogens is 1. The summed E-state index contributed by atoms with van der Waals surface area (Å²) in [6.07, 6.45) is 0. The molecule has 2 aromatic carbocycles. The van der Waals surface area contributed by atoms with Crippen molar-refractivity contribution in [1.82, 2.24) is 15.2 Å². The molecular formula is C20H21N3O2. The molecule has 1 amide bonds. The number of para-hydroxylation sites is 1. The summed E-state index contributed by atoms with van der Waals surface area (Å²) in [6.45, 7) is 0.191. The van der Waals surface area contributed by atoms with Gasteiger partial charge in [0.15, 0.2) is 0 Å². The molecule has 0 aliphatic rings. The highest BCUT2D eigenvalue weighted by atomic mass is 16.2. The SMILES string of the molecule is CN(C)C(C(=O)NCc1cc2ccccc2[nH]c1=O)c1ccccc1. The number of aromatic amines is 1. The first-order valence-electron chi connectivity index (χ1n) is 8.16. The van der Waals surface area contributed by atoms with Gasteiger partial charge in [-0.2, -0.15) is 0 Å². The maximum atomic E-state index is 12.7. The number of pyridine rings is 1. The van der Waals surface area contributed by atoms with E-state index < -0.39 is 6.04 Å². The third-order valence-electron chi connectivity index (χ3n) is 4.16. The molecule has 0 spiro atoms. The van der Waals surface area contributed by atoms with Crippen LogP contribution in [0.3, 0.4) is 0 Å². The van der Waals surface area contributed by atoms with E-state index in [4.69, 9.17) is 0 Å². The smallest absolute Gasteiger partial charge is 0.253 e. The van der Waals surface area contributed by atoms with Crippen molar-refractivity contribution in [3.05, 3.63) is 82.1 Å². The van der Waals surface area contributed by atoms with Gasteiger partial charge in [-0.3, -0.25) is 14.5 Å². The van der Waals surface area contributed by atoms with Crippen molar-refractivity contribution in [3.8, 4) is 0 Å². The molecular weight excluding hydrogens is 314 g/mol. The Hall–Kier alpha value is -2.92. The number of aromatic nitrogens is 1. The molecule has 0 radical (unpaired) electrons. The van der Waals surface area contributed by atoms with Gasteiger partial charge in [0.25, 0.3) is 5.56 Å². The van der Waals surface area contributed by atoms with E-state index >= 15 is 0 Å². The van der Waals surface area contributed by atoms with Gasteiger partial charge in [-0.1, -0.05) is 48.5 Å². The van der Waals surface area contributed by atoms with Crippen molar-refractivity contribution < 1.29 is 4.79 Å². The number of carbonyl (C=O) groups excluding carboxylic acids is 1. The standard InChI is InChI=1S/C20H21N3O2/c1-23(2)18(14-8-4-3-5-9-14)20(25)21-13-16-12-15-10-6-7-11-17(15)22-19(16)24/h3-12,18H,13H2,1-2H3,(H,21,25)(H,22,24). The van der Waals surface area contributed by atoms with Crippen molar-refractivity contribution in [1.29, 1.82) is 0 Å². The number of fused-ring (bicyclic) bond motifs is 1. The van der Waals surface area contributed by atoms with Crippen molar-refractivity contribution in [3.63, 3.8) is 0 Å². The van der Waals surface area contributed by atoms with Gasteiger partial charge in [0, 0.05) is 17.6 Å². The van der Waals surface area contributed by atoms with E-state index in [-0.39, 0.29) is 18.0 Å². The Morgan fingerprint density at radius 3 is 2.48 bits per heavy atom. The van der Waals surface area contributed by atoms with Crippen LogP contribution in [0.25, 0.3) is 10.9 Å². The number of likely N-dealkylation sites (N-methyl/N-ethyl adjacent to an activating group) is 1. The summed E-state index contributed by atoms with van der Waals surface area (Å²) in [4.78, 5) is 29.6. The predicted octanol–water partition coefficient (Wildman–Crippen LogP) is 2.45. The molecule has 0 aliphatic heterocycles. The Kier molecular flexibility index (Phi) is 4.95. The number of rotatable bonds is 5. The van der Waals surface area contributed by atoms with Crippen LogP contribution >= 0.6 is 0 Å². The van der Waals surface area contributed by atoms with Crippen LogP contribution in [0.2, 0.25) is 0 Å². The fourth-order valence-electron chi connectivity index (χ4n) is 2.92. The van der Waals surface area contributed by atoms with E-state index in [0.29, 0.717) is 5.56 Å². The molecule has 1 heterocycles. The highest BCUT2D eigenvalue weighted by molar-refractivity contribution is 5.83. The van der Waals surface area contributed by atoms with E-state index in [1.807, 2.05) is 79.7 Å². The zero-order valence-electron chi connectivity index (χ0n) is 14.3. The summed E-state index contributed by atoms with van der Waals surface area (Å²) >= 11 is 0. The van der Waals surface area contributed by atoms with Crippen LogP contribution in [0.4, 0.5) is 0 Å². The normalized spacial score (nSPS) is 12.3. The molecule has 128 valence electrons. The molecule has 1 atom stereocenters. The number of carbonyl (C=O) groups is 1. The van der Waals surface area contributed by atoms with Crippen LogP contribution in [-0.2, 0) is 11.3 Å². The Balaban J connectivity index is 1.79. The van der Waals surface area contributed by atoms with E-state index in [1.54, 1.807) is 0 Å². The Morgan fingerprint density at radius 2 is 1.76 bits per heavy atom. The maximum Gasteiger partial charge on any atom is 0.253 e. The quantitative estimate of drug-likeness (QED) is 0.753. The number of benzene rings is 2. The van der Waals surface area contributed by atoms with Gasteiger partial charge in [-0.15, -0.1) is 0 Å². The molecule has 5 heteroatoms. The highest BCUT2D eigenvalue weighted by Gasteiger charge is 2.22. The van der Waals surface area contributed by atoms with Gasteiger partial charge in [0.1, 0.15) is 6.04 Å². The van der Waals surface area contributed by atoms with E-state index in [2.05, 4.69) is 10.3 Å². The summed E-state index contributed by atoms with van der Waals surface area (Å²) in [7, 11) is 3.72. The summed E-state index contributed by atoms with van der Waals surface area (Å²) in [5.74, 6) is -0.135. The van der Waals surface area contributed by atoms with Crippen LogP contribution in [0.5, 0.6) is 0 Å². The molecule has 0 aliphatic carbocycles. The summed E-state index contributed by atoms with van der Waals surface area (Å²) in [6, 6.07) is 18.6. The molecule has 5 nitrogen and oxygen atoms in total. The monoisotopic (exact) mass is 335 g/mol. The average Bonchev–Trinajstić information content (AvgIpc) is 2.60. The molecule has 3 rings (SSSR count). The van der Waals surface area contributed by atoms with Gasteiger partial charge in [0.05, 0.1) is 0 Å². The van der Waals surface area contributed by atoms with Gasteiger partial charge in [-0.25, -0.2) is 0 Å². The van der Waals surface area contributed by atoms with Crippen LogP contribution in [0.1, 0.15) is 17.2 Å². The average molecular weight is 335 g/mol. The molecule has 25 heavy (non-hydrogen) atoms. The molecule has 3 aromatic rings. The Labute approximate surface area is 146 Å². The van der Waals surface area contributed by atoms with Crippen LogP contribution in [-0.4, -0.2) is 29.9 Å². The predicted molar refractivity (Wildman–Crippen MR) is 99.3 cm³/mol. The largest absolute Gasteiger partial charge is 0.350 e. The van der Waals surface area contributed by atoms with Crippen molar-refractivity contribution >= 4 is 16.8 Å². The number of hydrogen-bond donors (Lipinski definition) is 2. The first-order chi connectivity index (χ1) is 12.1. The molecule has 0 saturated carbocycles. The number of nitrogens with one attached hydrogen (secondary N) is 2. The second-order valence-electron chi connectivity index (χ2n) is 6.21. The third-order valence-corrected chi connectivity index (χ3v) is 4.16. The Morgan fingerprint density at radius 1 is 1.08 bits per heavy atom. The minimum Gasteiger partial charge on any atom is -0.350 e. The zero-order chi connectivity index (χ0) is 17.8. The summed E-state index contributed by atoms with van der Waals surface area (Å²) < 4.78 is 0. The third kappa shape index (κ3) is 3.78. The van der Waals surface area contributed by atoms with Crippen molar-refractivity contribution in [2.45, 2.75) is 12.6 Å². The maximum absolute atomic E-state index is 12.7. The fraction of sp³-hybridized carbons (Fsp3) is 0.200. The molecule has 0 bridgehead atoms. The topological polar surface area (TPSA) is 65.2 Å². The minimum atomic E-state index is -0.402. The molecule has 0 saturated heterocycles. The summed E-state index contributed by atoms with van der Waals surface area (Å²) in [5.41, 5.74) is 2.06. The van der Waals surface area contributed by atoms with Gasteiger partial charge in [-0.05, 0) is 37.2 Å². The molecule has 1 unspecified atom stereocenters. The molecule has 1 aromatic heterocycles. The fourth-order valence-corrected chi connectivity index (χ4v) is 2.92. The molecule has 2 N–H and O–H groups in total. The lowest BCUT2D eigenvalue weighted by Gasteiger charge is -2.23. The van der Waals surface area contributed by atoms with E-state index in [9.17, 15) is 9.59 Å². The van der Waals surface area contributed by atoms with Crippen LogP contribution in [0.15, 0.2) is 65.5 Å². The van der Waals surface area contributed by atoms with E-state index in [0.717, 1.165) is 16.5 Å². The zero-order valence-corrected chi connectivity index (χ0v) is 14.3. The van der Waals surface area contributed by atoms with Crippen LogP contribution < -0.4 is 10.9 Å². The molecule has 0 fully saturated rings. The lowest BCUT2D eigenvalue weighted by atomic mass is 10.1. The second kappa shape index (κ2) is 7.32. The van der Waals surface area contributed by atoms with Crippen molar-refractivity contribution in [2.75, 3.05) is 14.1 Å². The lowest BCUT2D eigenvalue weighted by molar-refractivity contribution is -0.125. The highest BCUT2D eigenvalue weighted by Crippen LogP contribution is 2.18. The number of nitrogens with zero attached hydrogens (tertiary/aromatic N) is 1. The minimum absolute atomic E-state index is 0.135. The first-order valence-corrected chi connectivity index (χ1v) is 8.16.